The molecule has 5 heteroatoms. The molecule has 1 aliphatic heterocycles. The molecule has 0 aromatic heterocycles. The lowest BCUT2D eigenvalue weighted by Gasteiger charge is -2.23. The summed E-state index contributed by atoms with van der Waals surface area (Å²) >= 11 is 0. The fourth-order valence-electron chi connectivity index (χ4n) is 1.34. The maximum Gasteiger partial charge on any atom is 0.107 e. The molecule has 5 nitrogen and oxygen atoms in total. The third-order valence-electron chi connectivity index (χ3n) is 2.22. The molecule has 1 heterocycles. The fourth-order valence-corrected chi connectivity index (χ4v) is 1.34. The Hall–Kier alpha value is -0.200. The van der Waals surface area contributed by atoms with Gasteiger partial charge < -0.3 is 25.7 Å². The van der Waals surface area contributed by atoms with E-state index in [2.05, 4.69) is 5.32 Å². The van der Waals surface area contributed by atoms with Crippen LogP contribution in [0.15, 0.2) is 0 Å². The Balaban J connectivity index is 2.59. The van der Waals surface area contributed by atoms with E-state index < -0.39 is 24.2 Å². The van der Waals surface area contributed by atoms with Gasteiger partial charge in [0.25, 0.3) is 0 Å². The van der Waals surface area contributed by atoms with Crippen LogP contribution in [0.3, 0.4) is 0 Å². The van der Waals surface area contributed by atoms with E-state index in [1.807, 2.05) is 0 Å². The van der Waals surface area contributed by atoms with Crippen LogP contribution in [0, 0.1) is 5.92 Å². The summed E-state index contributed by atoms with van der Waals surface area (Å²) in [5, 5.41) is 39.5. The lowest BCUT2D eigenvalue weighted by Crippen LogP contribution is -2.42. The van der Waals surface area contributed by atoms with E-state index in [9.17, 15) is 15.3 Å². The highest BCUT2D eigenvalue weighted by Crippen LogP contribution is 2.12. The van der Waals surface area contributed by atoms with Gasteiger partial charge in [0, 0.05) is 25.6 Å². The van der Waals surface area contributed by atoms with Gasteiger partial charge in [0.2, 0.25) is 0 Å². The monoisotopic (exact) mass is 177 g/mol. The Labute approximate surface area is 70.6 Å². The summed E-state index contributed by atoms with van der Waals surface area (Å²) in [6, 6.07) is 0. The van der Waals surface area contributed by atoms with Gasteiger partial charge in [-0.1, -0.05) is 0 Å². The molecule has 0 saturated carbocycles. The SMILES string of the molecule is OC[C@@H]1CNC[C@H](O)[C@@H](O)[C@@H]1O. The van der Waals surface area contributed by atoms with Crippen LogP contribution in [-0.2, 0) is 0 Å². The Kier molecular flexibility index (Phi) is 3.42. The standard InChI is InChI=1S/C7H15NO4/c9-3-4-1-8-2-5(10)7(12)6(4)11/h4-12H,1-3H2/t4-,5-,6+,7+/m0/s1. The van der Waals surface area contributed by atoms with Gasteiger partial charge in [-0.2, -0.15) is 0 Å². The van der Waals surface area contributed by atoms with Gasteiger partial charge in [0.1, 0.15) is 6.10 Å². The summed E-state index contributed by atoms with van der Waals surface area (Å²) in [5.41, 5.74) is 0. The van der Waals surface area contributed by atoms with Gasteiger partial charge in [-0.15, -0.1) is 0 Å². The molecule has 0 bridgehead atoms. The molecule has 0 radical (unpaired) electrons. The van der Waals surface area contributed by atoms with Crippen molar-refractivity contribution in [2.45, 2.75) is 18.3 Å². The van der Waals surface area contributed by atoms with Gasteiger partial charge in [-0.25, -0.2) is 0 Å². The molecule has 0 aliphatic carbocycles. The number of hydrogen-bond donors (Lipinski definition) is 5. The zero-order valence-corrected chi connectivity index (χ0v) is 6.72. The van der Waals surface area contributed by atoms with Crippen LogP contribution in [0.5, 0.6) is 0 Å². The summed E-state index contributed by atoms with van der Waals surface area (Å²) in [5.74, 6) is -0.405. The van der Waals surface area contributed by atoms with Gasteiger partial charge >= 0.3 is 0 Å². The van der Waals surface area contributed by atoms with Crippen molar-refractivity contribution in [2.75, 3.05) is 19.7 Å². The number of nitrogens with one attached hydrogen (secondary N) is 1. The minimum Gasteiger partial charge on any atom is -0.396 e. The molecule has 4 atom stereocenters. The smallest absolute Gasteiger partial charge is 0.107 e. The zero-order chi connectivity index (χ0) is 9.14. The molecular formula is C7H15NO4. The van der Waals surface area contributed by atoms with Crippen molar-refractivity contribution in [2.24, 2.45) is 5.92 Å². The second kappa shape index (κ2) is 4.15. The van der Waals surface area contributed by atoms with E-state index in [0.717, 1.165) is 0 Å². The first-order chi connectivity index (χ1) is 5.66. The molecule has 1 saturated heterocycles. The second-order valence-electron chi connectivity index (χ2n) is 3.15. The summed E-state index contributed by atoms with van der Waals surface area (Å²) < 4.78 is 0. The quantitative estimate of drug-likeness (QED) is 0.300. The van der Waals surface area contributed by atoms with Crippen LogP contribution in [0.25, 0.3) is 0 Å². The minimum absolute atomic E-state index is 0.196. The third-order valence-corrected chi connectivity index (χ3v) is 2.22. The average molecular weight is 177 g/mol. The van der Waals surface area contributed by atoms with Crippen LogP contribution in [-0.4, -0.2) is 58.4 Å². The number of hydrogen-bond acceptors (Lipinski definition) is 5. The van der Waals surface area contributed by atoms with E-state index >= 15 is 0 Å². The van der Waals surface area contributed by atoms with E-state index in [-0.39, 0.29) is 13.2 Å². The fraction of sp³-hybridized carbons (Fsp3) is 1.00. The van der Waals surface area contributed by atoms with Crippen LogP contribution in [0.1, 0.15) is 0 Å². The zero-order valence-electron chi connectivity index (χ0n) is 6.72. The first kappa shape index (κ1) is 9.88. The van der Waals surface area contributed by atoms with Gasteiger partial charge in [0.05, 0.1) is 12.2 Å². The number of aliphatic hydroxyl groups is 4. The highest BCUT2D eigenvalue weighted by Gasteiger charge is 2.33. The topological polar surface area (TPSA) is 93.0 Å². The van der Waals surface area contributed by atoms with Crippen molar-refractivity contribution >= 4 is 0 Å². The van der Waals surface area contributed by atoms with Crippen LogP contribution in [0.4, 0.5) is 0 Å². The Bertz CT molecular complexity index is 141. The third kappa shape index (κ3) is 1.94. The molecular weight excluding hydrogens is 162 g/mol. The first-order valence-electron chi connectivity index (χ1n) is 4.02. The number of aliphatic hydroxyl groups excluding tert-OH is 4. The van der Waals surface area contributed by atoms with Crippen molar-refractivity contribution in [3.05, 3.63) is 0 Å². The lowest BCUT2D eigenvalue weighted by atomic mass is 9.97. The van der Waals surface area contributed by atoms with Gasteiger partial charge in [-0.05, 0) is 0 Å². The Morgan fingerprint density at radius 1 is 1.08 bits per heavy atom. The van der Waals surface area contributed by atoms with Crippen LogP contribution >= 0.6 is 0 Å². The maximum absolute atomic E-state index is 9.38. The molecule has 0 aromatic carbocycles. The highest BCUT2D eigenvalue weighted by atomic mass is 16.4. The summed E-state index contributed by atoms with van der Waals surface area (Å²) in [6.07, 6.45) is -3.19. The second-order valence-corrected chi connectivity index (χ2v) is 3.15. The normalized spacial score (nSPS) is 44.0. The van der Waals surface area contributed by atoms with Crippen LogP contribution in [0.2, 0.25) is 0 Å². The van der Waals surface area contributed by atoms with E-state index in [1.54, 1.807) is 0 Å². The van der Waals surface area contributed by atoms with Crippen molar-refractivity contribution < 1.29 is 20.4 Å². The van der Waals surface area contributed by atoms with Gasteiger partial charge in [-0.3, -0.25) is 0 Å². The van der Waals surface area contributed by atoms with E-state index in [1.165, 1.54) is 0 Å². The molecule has 0 aromatic rings. The molecule has 1 aliphatic rings. The molecule has 5 N–H and O–H groups in total. The summed E-state index contributed by atoms with van der Waals surface area (Å²) in [6.45, 7) is 0.457. The van der Waals surface area contributed by atoms with Crippen LogP contribution < -0.4 is 5.32 Å². The molecule has 1 rings (SSSR count). The van der Waals surface area contributed by atoms with E-state index in [0.29, 0.717) is 6.54 Å². The predicted octanol–water partition coefficient (Wildman–Crippen LogP) is -2.72. The van der Waals surface area contributed by atoms with Gasteiger partial charge in [0.15, 0.2) is 0 Å². The summed E-state index contributed by atoms with van der Waals surface area (Å²) in [7, 11) is 0. The average Bonchev–Trinajstić information content (AvgIpc) is 2.19. The van der Waals surface area contributed by atoms with Crippen molar-refractivity contribution in [3.8, 4) is 0 Å². The summed E-state index contributed by atoms with van der Waals surface area (Å²) in [4.78, 5) is 0. The maximum atomic E-state index is 9.38. The Morgan fingerprint density at radius 3 is 2.33 bits per heavy atom. The first-order valence-corrected chi connectivity index (χ1v) is 4.02. The largest absolute Gasteiger partial charge is 0.396 e. The Morgan fingerprint density at radius 2 is 1.75 bits per heavy atom. The molecule has 12 heavy (non-hydrogen) atoms. The molecule has 1 fully saturated rings. The molecule has 0 amide bonds. The molecule has 0 spiro atoms. The van der Waals surface area contributed by atoms with Crippen molar-refractivity contribution in [1.29, 1.82) is 0 Å². The van der Waals surface area contributed by atoms with E-state index in [4.69, 9.17) is 5.11 Å². The van der Waals surface area contributed by atoms with Crippen molar-refractivity contribution in [1.82, 2.24) is 5.32 Å². The number of rotatable bonds is 1. The highest BCUT2D eigenvalue weighted by molar-refractivity contribution is 4.86. The molecule has 0 unspecified atom stereocenters. The minimum atomic E-state index is -1.17. The van der Waals surface area contributed by atoms with Crippen molar-refractivity contribution in [3.63, 3.8) is 0 Å². The predicted molar refractivity (Wildman–Crippen MR) is 41.5 cm³/mol. The molecule has 72 valence electrons. The number of β-amino-alcohol motifs (C(OH)–C–C–N with tert-alkyl or cyclic N) is 1. The lowest BCUT2D eigenvalue weighted by molar-refractivity contribution is -0.0743.